The van der Waals surface area contributed by atoms with Gasteiger partial charge in [-0.1, -0.05) is 18.2 Å². The molecule has 3 amide bonds. The van der Waals surface area contributed by atoms with Crippen LogP contribution in [0.2, 0.25) is 0 Å². The summed E-state index contributed by atoms with van der Waals surface area (Å²) in [6, 6.07) is 14.6. The minimum Gasteiger partial charge on any atom is -0.491 e. The van der Waals surface area contributed by atoms with E-state index in [0.717, 1.165) is 24.8 Å². The van der Waals surface area contributed by atoms with Crippen molar-refractivity contribution in [2.75, 3.05) is 44.2 Å². The second-order valence-electron chi connectivity index (χ2n) is 17.6. The van der Waals surface area contributed by atoms with Crippen molar-refractivity contribution in [3.8, 4) is 16.9 Å². The number of aromatic amines is 1. The highest BCUT2D eigenvalue weighted by Crippen LogP contribution is 2.49. The molecule has 0 bridgehead atoms. The number of amides is 3. The number of carbonyl (C=O) groups excluding carboxylic acids is 4. The molecule has 0 radical (unpaired) electrons. The molecular formula is C45H43F3N8O8S. The highest BCUT2D eigenvalue weighted by molar-refractivity contribution is 7.86. The maximum atomic E-state index is 16.2. The molecule has 20 heteroatoms. The number of aliphatic hydroxyl groups excluding tert-OH is 1. The predicted octanol–water partition coefficient (Wildman–Crippen LogP) is 3.18. The predicted molar refractivity (Wildman–Crippen MR) is 228 cm³/mol. The van der Waals surface area contributed by atoms with Gasteiger partial charge in [0.15, 0.2) is 11.5 Å². The Hall–Kier alpha value is -6.19. The molecule has 2 unspecified atom stereocenters. The number of halogens is 3. The van der Waals surface area contributed by atoms with Crippen molar-refractivity contribution in [2.24, 2.45) is 10.6 Å². The summed E-state index contributed by atoms with van der Waals surface area (Å²) in [6.07, 6.45) is 2.29. The smallest absolute Gasteiger partial charge is 0.277 e. The second-order valence-corrected chi connectivity index (χ2v) is 19.1. The standard InChI is InChI=1S/C45H43F3N8O8S/c46-33-16-34(47)32(45(48)10-12-54(23-45)65(49,62)63)15-30(33)40(59)31-17-52-41-39(31)29(9-11-51-41)28-3-1-2-4-35(28)56-22-44(20-50-21-44)37(56)14-25(57)19-64-26-5-6-27-24(13-26)18-55(43(27)61)36-7-8-38(58)53-42(36)60/h1-6,9,11,13,15-17,25,36-37,50,57H,7-8,10,12,14,18-23H2,(H,51,52)(H2,49,62,63)(H,53,58,60)/t25-,36+,37?,45?/m1/s1. The zero-order valence-electron chi connectivity index (χ0n) is 34.7. The molecule has 5 aromatic rings. The van der Waals surface area contributed by atoms with Gasteiger partial charge < -0.3 is 29.9 Å². The number of hydrogen-bond donors (Lipinski definition) is 5. The summed E-state index contributed by atoms with van der Waals surface area (Å²) in [4.78, 5) is 62.7. The Bertz CT molecular complexity index is 2950. The first-order valence-corrected chi connectivity index (χ1v) is 22.7. The van der Waals surface area contributed by atoms with Crippen LogP contribution < -0.4 is 25.4 Å². The van der Waals surface area contributed by atoms with Crippen LogP contribution >= 0.6 is 0 Å². The molecule has 10 rings (SSSR count). The van der Waals surface area contributed by atoms with Crippen molar-refractivity contribution in [2.45, 2.75) is 56.1 Å². The van der Waals surface area contributed by atoms with Gasteiger partial charge in [-0.05, 0) is 60.4 Å². The quantitative estimate of drug-likeness (QED) is 0.0904. The fourth-order valence-corrected chi connectivity index (χ4v) is 10.9. The van der Waals surface area contributed by atoms with E-state index in [9.17, 15) is 32.7 Å². The van der Waals surface area contributed by atoms with Crippen LogP contribution in [0.25, 0.3) is 22.2 Å². The van der Waals surface area contributed by atoms with E-state index in [1.165, 1.54) is 11.1 Å². The topological polar surface area (TPSA) is 220 Å². The number of ether oxygens (including phenoxy) is 1. The average Bonchev–Trinajstić information content (AvgIpc) is 3.96. The van der Waals surface area contributed by atoms with Crippen LogP contribution in [0.15, 0.2) is 73.1 Å². The molecule has 5 aliphatic heterocycles. The number of aliphatic hydroxyl groups is 1. The van der Waals surface area contributed by atoms with Gasteiger partial charge in [0.2, 0.25) is 11.8 Å². The number of nitrogens with two attached hydrogens (primary N) is 1. The summed E-state index contributed by atoms with van der Waals surface area (Å²) in [5, 5.41) is 22.7. The maximum absolute atomic E-state index is 16.2. The molecule has 16 nitrogen and oxygen atoms in total. The van der Waals surface area contributed by atoms with Crippen molar-refractivity contribution in [3.63, 3.8) is 0 Å². The van der Waals surface area contributed by atoms with Gasteiger partial charge in [-0.15, -0.1) is 0 Å². The van der Waals surface area contributed by atoms with E-state index in [0.29, 0.717) is 62.4 Å². The highest BCUT2D eigenvalue weighted by Gasteiger charge is 2.57. The van der Waals surface area contributed by atoms with Gasteiger partial charge in [-0.25, -0.2) is 23.3 Å². The van der Waals surface area contributed by atoms with Gasteiger partial charge in [0.25, 0.3) is 16.1 Å². The molecule has 3 aromatic carbocycles. The molecular weight excluding hydrogens is 870 g/mol. The number of para-hydroxylation sites is 1. The molecule has 4 atom stereocenters. The molecule has 1 spiro atoms. The molecule has 2 aromatic heterocycles. The highest BCUT2D eigenvalue weighted by atomic mass is 32.2. The lowest BCUT2D eigenvalue weighted by atomic mass is 9.64. The number of alkyl halides is 1. The average molecular weight is 913 g/mol. The zero-order chi connectivity index (χ0) is 45.6. The summed E-state index contributed by atoms with van der Waals surface area (Å²) >= 11 is 0. The number of piperidine rings is 1. The first-order valence-electron chi connectivity index (χ1n) is 21.2. The van der Waals surface area contributed by atoms with E-state index < -0.39 is 75.4 Å². The molecule has 7 heterocycles. The molecule has 0 saturated carbocycles. The fraction of sp³-hybridized carbons (Fsp3) is 0.356. The number of nitrogens with zero attached hydrogens (tertiary/aromatic N) is 4. The summed E-state index contributed by atoms with van der Waals surface area (Å²) in [7, 11) is -4.30. The Balaban J connectivity index is 0.890. The van der Waals surface area contributed by atoms with E-state index in [1.54, 1.807) is 30.5 Å². The first-order chi connectivity index (χ1) is 31.0. The van der Waals surface area contributed by atoms with Crippen molar-refractivity contribution in [1.29, 1.82) is 0 Å². The van der Waals surface area contributed by atoms with E-state index in [2.05, 4.69) is 25.5 Å². The van der Waals surface area contributed by atoms with Crippen LogP contribution in [0, 0.1) is 17.0 Å². The Kier molecular flexibility index (Phi) is 10.4. The Morgan fingerprint density at radius 2 is 1.78 bits per heavy atom. The number of H-pyrrole nitrogens is 1. The van der Waals surface area contributed by atoms with Crippen LogP contribution in [0.1, 0.15) is 63.1 Å². The number of anilines is 1. The number of imide groups is 1. The number of ketones is 1. The van der Waals surface area contributed by atoms with Gasteiger partial charge in [0.1, 0.15) is 35.7 Å². The van der Waals surface area contributed by atoms with E-state index in [-0.39, 0.29) is 61.4 Å². The lowest BCUT2D eigenvalue weighted by Crippen LogP contribution is -2.77. The summed E-state index contributed by atoms with van der Waals surface area (Å²) < 4.78 is 77.7. The summed E-state index contributed by atoms with van der Waals surface area (Å²) in [5.41, 5.74) is -0.484. The van der Waals surface area contributed by atoms with Crippen molar-refractivity contribution in [3.05, 3.63) is 113 Å². The Morgan fingerprint density at radius 3 is 2.52 bits per heavy atom. The Morgan fingerprint density at radius 1 is 0.985 bits per heavy atom. The number of aromatic nitrogens is 2. The van der Waals surface area contributed by atoms with Crippen LogP contribution in [-0.2, 0) is 32.0 Å². The zero-order valence-corrected chi connectivity index (χ0v) is 35.5. The van der Waals surface area contributed by atoms with E-state index in [1.807, 2.05) is 24.3 Å². The normalized spacial score (nSPS) is 23.4. The number of pyridine rings is 1. The van der Waals surface area contributed by atoms with Gasteiger partial charge in [0.05, 0.1) is 23.8 Å². The SMILES string of the molecule is NS(=O)(=O)N1CCC(F)(c2cc(C(=O)c3c[nH]c4nccc(-c5ccccc5N5CC6(CNC6)C5C[C@@H](O)COc5ccc6c(c5)CN([C@H]5CCC(=O)NC5=O)C6=O)c34)c(F)cc2F)C1. The molecule has 5 aliphatic rings. The third-order valence-electron chi connectivity index (χ3n) is 13.6. The van der Waals surface area contributed by atoms with Gasteiger partial charge >= 0.3 is 0 Å². The number of benzene rings is 3. The third kappa shape index (κ3) is 7.32. The third-order valence-corrected chi connectivity index (χ3v) is 14.6. The second kappa shape index (κ2) is 15.8. The minimum absolute atomic E-state index is 0.00755. The molecule has 65 heavy (non-hydrogen) atoms. The molecule has 4 saturated heterocycles. The van der Waals surface area contributed by atoms with Crippen molar-refractivity contribution in [1.82, 2.24) is 29.8 Å². The summed E-state index contributed by atoms with van der Waals surface area (Å²) in [6.45, 7) is 1.12. The first kappa shape index (κ1) is 42.7. The van der Waals surface area contributed by atoms with E-state index >= 15 is 13.2 Å². The van der Waals surface area contributed by atoms with Crippen LogP contribution in [0.3, 0.4) is 0 Å². The van der Waals surface area contributed by atoms with Crippen LogP contribution in [0.5, 0.6) is 5.75 Å². The van der Waals surface area contributed by atoms with Gasteiger partial charge in [-0.3, -0.25) is 24.5 Å². The number of carbonyl (C=O) groups is 4. The minimum atomic E-state index is -4.30. The number of hydrogen-bond acceptors (Lipinski definition) is 11. The summed E-state index contributed by atoms with van der Waals surface area (Å²) in [5.74, 6) is -4.09. The number of rotatable bonds is 12. The van der Waals surface area contributed by atoms with Gasteiger partial charge in [-0.2, -0.15) is 12.7 Å². The van der Waals surface area contributed by atoms with Crippen molar-refractivity contribution >= 4 is 50.4 Å². The number of fused-ring (bicyclic) bond motifs is 2. The van der Waals surface area contributed by atoms with Crippen LogP contribution in [-0.4, -0.2) is 114 Å². The molecule has 4 fully saturated rings. The number of nitrogens with one attached hydrogen (secondary N) is 3. The molecule has 338 valence electrons. The fourth-order valence-electron chi connectivity index (χ4n) is 10.2. The Labute approximate surface area is 370 Å². The molecule has 6 N–H and O–H groups in total. The lowest BCUT2D eigenvalue weighted by Gasteiger charge is -2.64. The monoisotopic (exact) mass is 912 g/mol. The lowest BCUT2D eigenvalue weighted by molar-refractivity contribution is -0.136. The van der Waals surface area contributed by atoms with E-state index in [4.69, 9.17) is 9.88 Å². The largest absolute Gasteiger partial charge is 0.491 e. The van der Waals surface area contributed by atoms with Crippen LogP contribution in [0.4, 0.5) is 18.9 Å². The van der Waals surface area contributed by atoms with Crippen molar-refractivity contribution < 1.29 is 50.6 Å². The van der Waals surface area contributed by atoms with Gasteiger partial charge in [0, 0.05) is 103 Å². The molecule has 0 aliphatic carbocycles. The maximum Gasteiger partial charge on any atom is 0.277 e.